The number of nitrogens with one attached hydrogen (secondary N) is 1. The number of hydrogen-bond acceptors (Lipinski definition) is 2. The third-order valence-electron chi connectivity index (χ3n) is 2.56. The van der Waals surface area contributed by atoms with Crippen molar-refractivity contribution in [1.29, 1.82) is 0 Å². The largest absolute Gasteiger partial charge is 0.338 e. The third-order valence-corrected chi connectivity index (χ3v) is 2.56. The van der Waals surface area contributed by atoms with Gasteiger partial charge in [-0.15, -0.1) is 24.8 Å². The molecule has 0 aromatic carbocycles. The quantitative estimate of drug-likeness (QED) is 0.807. The molecule has 0 unspecified atom stereocenters. The van der Waals surface area contributed by atoms with Crippen LogP contribution in [0, 0.1) is 0 Å². The van der Waals surface area contributed by atoms with Gasteiger partial charge in [0.05, 0.1) is 0 Å². The van der Waals surface area contributed by atoms with Gasteiger partial charge < -0.3 is 9.88 Å². The van der Waals surface area contributed by atoms with Gasteiger partial charge in [0.25, 0.3) is 0 Å². The van der Waals surface area contributed by atoms with E-state index >= 15 is 0 Å². The third kappa shape index (κ3) is 2.87. The fraction of sp³-hybridized carbons (Fsp3) is 0.667. The molecule has 0 spiro atoms. The van der Waals surface area contributed by atoms with Crippen molar-refractivity contribution < 1.29 is 0 Å². The molecule has 0 amide bonds. The van der Waals surface area contributed by atoms with Crippen LogP contribution in [0.2, 0.25) is 0 Å². The van der Waals surface area contributed by atoms with Crippen LogP contribution in [0.5, 0.6) is 0 Å². The molecule has 82 valence electrons. The second-order valence-corrected chi connectivity index (χ2v) is 3.42. The minimum absolute atomic E-state index is 0. The molecule has 0 radical (unpaired) electrons. The van der Waals surface area contributed by atoms with E-state index in [4.69, 9.17) is 0 Å². The van der Waals surface area contributed by atoms with Crippen LogP contribution in [-0.4, -0.2) is 22.6 Å². The van der Waals surface area contributed by atoms with E-state index in [2.05, 4.69) is 21.9 Å². The van der Waals surface area contributed by atoms with Gasteiger partial charge in [-0.25, -0.2) is 4.98 Å². The SMILES string of the molecule is Cl.Cl.Cn1ccnc1C1CCNCC1. The molecule has 1 aromatic heterocycles. The second-order valence-electron chi connectivity index (χ2n) is 3.42. The lowest BCUT2D eigenvalue weighted by Gasteiger charge is -2.21. The van der Waals surface area contributed by atoms with Gasteiger partial charge in [-0.05, 0) is 25.9 Å². The molecule has 0 bridgehead atoms. The first-order valence-corrected chi connectivity index (χ1v) is 4.56. The molecule has 2 rings (SSSR count). The van der Waals surface area contributed by atoms with E-state index in [1.54, 1.807) is 0 Å². The fourth-order valence-corrected chi connectivity index (χ4v) is 1.85. The molecule has 1 N–H and O–H groups in total. The summed E-state index contributed by atoms with van der Waals surface area (Å²) in [5, 5.41) is 3.36. The highest BCUT2D eigenvalue weighted by molar-refractivity contribution is 5.85. The van der Waals surface area contributed by atoms with E-state index in [0.717, 1.165) is 13.1 Å². The van der Waals surface area contributed by atoms with Gasteiger partial charge in [-0.2, -0.15) is 0 Å². The molecule has 1 aliphatic rings. The van der Waals surface area contributed by atoms with Crippen molar-refractivity contribution in [2.45, 2.75) is 18.8 Å². The van der Waals surface area contributed by atoms with Crippen LogP contribution in [-0.2, 0) is 7.05 Å². The first kappa shape index (κ1) is 13.8. The molecular weight excluding hydrogens is 221 g/mol. The van der Waals surface area contributed by atoms with Crippen molar-refractivity contribution in [3.05, 3.63) is 18.2 Å². The van der Waals surface area contributed by atoms with Crippen molar-refractivity contribution in [2.75, 3.05) is 13.1 Å². The Labute approximate surface area is 97.1 Å². The zero-order valence-electron chi connectivity index (χ0n) is 8.27. The minimum Gasteiger partial charge on any atom is -0.338 e. The van der Waals surface area contributed by atoms with Crippen LogP contribution in [0.4, 0.5) is 0 Å². The molecule has 1 aromatic rings. The Kier molecular flexibility index (Phi) is 6.16. The Balaban J connectivity index is 0.000000845. The Hall–Kier alpha value is -0.250. The zero-order valence-corrected chi connectivity index (χ0v) is 9.90. The average Bonchev–Trinajstić information content (AvgIpc) is 2.53. The van der Waals surface area contributed by atoms with Gasteiger partial charge in [0.2, 0.25) is 0 Å². The predicted octanol–water partition coefficient (Wildman–Crippen LogP) is 1.73. The van der Waals surface area contributed by atoms with E-state index in [0.29, 0.717) is 5.92 Å². The van der Waals surface area contributed by atoms with Crippen LogP contribution >= 0.6 is 24.8 Å². The summed E-state index contributed by atoms with van der Waals surface area (Å²) in [7, 11) is 2.07. The lowest BCUT2D eigenvalue weighted by molar-refractivity contribution is 0.437. The highest BCUT2D eigenvalue weighted by atomic mass is 35.5. The summed E-state index contributed by atoms with van der Waals surface area (Å²) in [6.45, 7) is 2.27. The average molecular weight is 238 g/mol. The van der Waals surface area contributed by atoms with Crippen LogP contribution in [0.3, 0.4) is 0 Å². The Bertz CT molecular complexity index is 256. The molecule has 0 atom stereocenters. The van der Waals surface area contributed by atoms with Gasteiger partial charge >= 0.3 is 0 Å². The molecular formula is C9H17Cl2N3. The molecule has 1 aliphatic heterocycles. The lowest BCUT2D eigenvalue weighted by Crippen LogP contribution is -2.27. The van der Waals surface area contributed by atoms with Gasteiger partial charge in [-0.3, -0.25) is 0 Å². The monoisotopic (exact) mass is 237 g/mol. The van der Waals surface area contributed by atoms with Crippen LogP contribution in [0.15, 0.2) is 12.4 Å². The van der Waals surface area contributed by atoms with E-state index < -0.39 is 0 Å². The van der Waals surface area contributed by atoms with Crippen molar-refractivity contribution in [3.63, 3.8) is 0 Å². The number of imidazole rings is 1. The minimum atomic E-state index is 0. The maximum Gasteiger partial charge on any atom is 0.111 e. The summed E-state index contributed by atoms with van der Waals surface area (Å²) in [4.78, 5) is 4.37. The molecule has 2 heterocycles. The first-order valence-electron chi connectivity index (χ1n) is 4.56. The molecule has 0 aliphatic carbocycles. The van der Waals surface area contributed by atoms with Gasteiger partial charge in [0.1, 0.15) is 5.82 Å². The molecule has 5 heteroatoms. The summed E-state index contributed by atoms with van der Waals surface area (Å²) in [6.07, 6.45) is 6.37. The smallest absolute Gasteiger partial charge is 0.111 e. The summed E-state index contributed by atoms with van der Waals surface area (Å²) < 4.78 is 2.13. The number of aromatic nitrogens is 2. The van der Waals surface area contributed by atoms with Gasteiger partial charge in [-0.1, -0.05) is 0 Å². The molecule has 1 saturated heterocycles. The predicted molar refractivity (Wildman–Crippen MR) is 62.5 cm³/mol. The number of aryl methyl sites for hydroxylation is 1. The number of halogens is 2. The lowest BCUT2D eigenvalue weighted by atomic mass is 9.97. The number of hydrogen-bond donors (Lipinski definition) is 1. The molecule has 1 fully saturated rings. The maximum absolute atomic E-state index is 4.37. The molecule has 14 heavy (non-hydrogen) atoms. The summed E-state index contributed by atoms with van der Waals surface area (Å²) in [5.74, 6) is 1.92. The summed E-state index contributed by atoms with van der Waals surface area (Å²) in [5.41, 5.74) is 0. The molecule has 0 saturated carbocycles. The van der Waals surface area contributed by atoms with Crippen molar-refractivity contribution in [3.8, 4) is 0 Å². The topological polar surface area (TPSA) is 29.9 Å². The van der Waals surface area contributed by atoms with Crippen molar-refractivity contribution in [1.82, 2.24) is 14.9 Å². The maximum atomic E-state index is 4.37. The second kappa shape index (κ2) is 6.27. The number of rotatable bonds is 1. The normalized spacial score (nSPS) is 16.9. The summed E-state index contributed by atoms with van der Waals surface area (Å²) >= 11 is 0. The highest BCUT2D eigenvalue weighted by Gasteiger charge is 2.17. The Morgan fingerprint density at radius 3 is 2.50 bits per heavy atom. The number of nitrogens with zero attached hydrogens (tertiary/aromatic N) is 2. The van der Waals surface area contributed by atoms with Gasteiger partial charge in [0, 0.05) is 25.4 Å². The van der Waals surface area contributed by atoms with Gasteiger partial charge in [0.15, 0.2) is 0 Å². The van der Waals surface area contributed by atoms with Crippen molar-refractivity contribution in [2.24, 2.45) is 7.05 Å². The fourth-order valence-electron chi connectivity index (χ4n) is 1.85. The van der Waals surface area contributed by atoms with E-state index in [-0.39, 0.29) is 24.8 Å². The van der Waals surface area contributed by atoms with Crippen LogP contribution < -0.4 is 5.32 Å². The Morgan fingerprint density at radius 2 is 2.00 bits per heavy atom. The van der Waals surface area contributed by atoms with Crippen LogP contribution in [0.25, 0.3) is 0 Å². The number of piperidine rings is 1. The van der Waals surface area contributed by atoms with E-state index in [1.165, 1.54) is 18.7 Å². The zero-order chi connectivity index (χ0) is 8.39. The van der Waals surface area contributed by atoms with Crippen LogP contribution in [0.1, 0.15) is 24.6 Å². The summed E-state index contributed by atoms with van der Waals surface area (Å²) in [6, 6.07) is 0. The first-order chi connectivity index (χ1) is 5.88. The molecule has 3 nitrogen and oxygen atoms in total. The standard InChI is InChI=1S/C9H15N3.2ClH/c1-12-7-6-11-9(12)8-2-4-10-5-3-8;;/h6-8,10H,2-5H2,1H3;2*1H. The van der Waals surface area contributed by atoms with Crippen molar-refractivity contribution >= 4 is 24.8 Å². The van der Waals surface area contributed by atoms with E-state index in [1.807, 2.05) is 12.4 Å². The highest BCUT2D eigenvalue weighted by Crippen LogP contribution is 2.22. The Morgan fingerprint density at radius 1 is 1.36 bits per heavy atom. The van der Waals surface area contributed by atoms with E-state index in [9.17, 15) is 0 Å².